The van der Waals surface area contributed by atoms with Crippen molar-refractivity contribution in [3.05, 3.63) is 12.2 Å². The van der Waals surface area contributed by atoms with Crippen LogP contribution >= 0.6 is 0 Å². The van der Waals surface area contributed by atoms with Gasteiger partial charge in [-0.3, -0.25) is 9.59 Å². The molecule has 54 heteroatoms. The summed E-state index contributed by atoms with van der Waals surface area (Å²) in [6.45, 7) is -5.52. The van der Waals surface area contributed by atoms with E-state index in [2.05, 4.69) is 18.9 Å². The summed E-state index contributed by atoms with van der Waals surface area (Å²) in [5.74, 6) is -195. The van der Waals surface area contributed by atoms with Gasteiger partial charge in [0.25, 0.3) is 0 Å². The largest absolute Gasteiger partial charge is 0.460 e. The van der Waals surface area contributed by atoms with E-state index in [0.29, 0.717) is 0 Å². The molecule has 0 aromatic carbocycles. The van der Waals surface area contributed by atoms with E-state index in [0.717, 1.165) is 0 Å². The molecule has 0 rings (SSSR count). The van der Waals surface area contributed by atoms with Gasteiger partial charge in [-0.15, -0.1) is 0 Å². The third kappa shape index (κ3) is 12.7. The van der Waals surface area contributed by atoms with Gasteiger partial charge < -0.3 is 18.9 Å². The molecule has 0 saturated carbocycles. The molecule has 0 radical (unpaired) electrons. The van der Waals surface area contributed by atoms with Crippen LogP contribution in [0.5, 0.6) is 0 Å². The van der Waals surface area contributed by atoms with Crippen molar-refractivity contribution in [3.63, 3.8) is 0 Å². The quantitative estimate of drug-likeness (QED) is 0.0303. The average Bonchev–Trinajstić information content (AvgIpc) is 0.696. The van der Waals surface area contributed by atoms with Gasteiger partial charge in [-0.1, -0.05) is 0 Å². The molecule has 0 spiro atoms. The molecule has 532 valence electrons. The van der Waals surface area contributed by atoms with Crippen LogP contribution in [-0.2, 0) is 38.1 Å². The summed E-state index contributed by atoms with van der Waals surface area (Å²) in [5.41, 5.74) is 0. The van der Waals surface area contributed by atoms with E-state index in [-0.39, 0.29) is 13.8 Å². The van der Waals surface area contributed by atoms with Gasteiger partial charge in [-0.25, -0.2) is 9.59 Å². The van der Waals surface area contributed by atoms with Crippen molar-refractivity contribution in [2.75, 3.05) is 13.2 Å². The lowest BCUT2D eigenvalue weighted by atomic mass is 9.84. The number of hydrogen-bond acceptors (Lipinski definition) is 8. The molecule has 0 aromatic rings. The molecule has 0 bridgehead atoms. The molecule has 2 atom stereocenters. The number of esters is 4. The van der Waals surface area contributed by atoms with Crippen LogP contribution in [0.4, 0.5) is 202 Å². The fourth-order valence-electron chi connectivity index (χ4n) is 5.73. The van der Waals surface area contributed by atoms with E-state index in [9.17, 15) is 221 Å². The first-order chi connectivity index (χ1) is 38.6. The maximum absolute atomic E-state index is 14.7. The van der Waals surface area contributed by atoms with Crippen LogP contribution in [0.2, 0.25) is 0 Å². The fourth-order valence-corrected chi connectivity index (χ4v) is 5.73. The molecule has 90 heavy (non-hydrogen) atoms. The van der Waals surface area contributed by atoms with E-state index in [1.54, 1.807) is 0 Å². The summed E-state index contributed by atoms with van der Waals surface area (Å²) in [4.78, 5) is 46.4. The van der Waals surface area contributed by atoms with Crippen LogP contribution in [0, 0.1) is 0 Å². The molecule has 0 heterocycles. The third-order valence-corrected chi connectivity index (χ3v) is 10.8. The van der Waals surface area contributed by atoms with Crippen LogP contribution in [-0.4, -0.2) is 180 Å². The number of halogens is 46. The summed E-state index contributed by atoms with van der Waals surface area (Å²) in [5, 5.41) is 0. The summed E-state index contributed by atoms with van der Waals surface area (Å²) < 4.78 is 649. The first-order valence-corrected chi connectivity index (χ1v) is 20.6. The lowest BCUT2D eigenvalue weighted by Crippen LogP contribution is -2.77. The highest BCUT2D eigenvalue weighted by Crippen LogP contribution is 2.70. The SMILES string of the molecule is CC(=O)OC(COC(=O)/C=C\C(=O)OCC(CC(F)(F)C(F)(F)C(F)(F)C(F)(F)C(F)(F)C(F)(F)C(F)(F)C(F)(F)C(F)(F)C(F)(F)C(F)(F)F)OC(C)=O)CC(F)(F)C(F)(F)C(F)(F)C(F)(F)C(F)(F)C(F)(F)C(F)(F)C(F)(F)C(F)(F)C(F)(F)C(F)(F)F. The second-order valence-corrected chi connectivity index (χ2v) is 17.2. The molecule has 0 amide bonds. The van der Waals surface area contributed by atoms with Gasteiger partial charge in [-0.05, 0) is 0 Å². The number of rotatable bonds is 30. The van der Waals surface area contributed by atoms with E-state index in [4.69, 9.17) is 0 Å². The Bertz CT molecular complexity index is 2430. The minimum absolute atomic E-state index is 0.131. The number of ether oxygens (including phenoxy) is 4. The Hall–Kier alpha value is -5.60. The lowest BCUT2D eigenvalue weighted by Gasteiger charge is -2.45. The van der Waals surface area contributed by atoms with Gasteiger partial charge >= 0.3 is 155 Å². The monoisotopic (exact) mass is 1450 g/mol. The number of hydrogen-bond donors (Lipinski definition) is 0. The molecule has 0 saturated heterocycles. The van der Waals surface area contributed by atoms with Gasteiger partial charge in [0, 0.05) is 26.0 Å². The van der Waals surface area contributed by atoms with Gasteiger partial charge in [-0.2, -0.15) is 202 Å². The van der Waals surface area contributed by atoms with Crippen molar-refractivity contribution >= 4 is 23.9 Å². The molecular formula is C36H18F46O8. The zero-order valence-corrected chi connectivity index (χ0v) is 40.8. The minimum atomic E-state index is -9.82. The highest BCUT2D eigenvalue weighted by molar-refractivity contribution is 5.91. The zero-order chi connectivity index (χ0) is 73.5. The maximum Gasteiger partial charge on any atom is 0.460 e. The topological polar surface area (TPSA) is 105 Å². The average molecular weight is 1450 g/mol. The summed E-state index contributed by atoms with van der Waals surface area (Å²) in [6.07, 6.45) is -33.6. The fraction of sp³-hybridized carbons (Fsp3) is 0.833. The van der Waals surface area contributed by atoms with E-state index in [1.165, 1.54) is 0 Å². The maximum atomic E-state index is 14.7. The summed E-state index contributed by atoms with van der Waals surface area (Å²) in [6, 6.07) is 0. The number of alkyl halides is 46. The van der Waals surface area contributed by atoms with Crippen molar-refractivity contribution in [1.82, 2.24) is 0 Å². The van der Waals surface area contributed by atoms with Gasteiger partial charge in [0.15, 0.2) is 0 Å². The molecule has 0 aliphatic carbocycles. The van der Waals surface area contributed by atoms with E-state index in [1.807, 2.05) is 0 Å². The predicted octanol–water partition coefficient (Wildman–Crippen LogP) is 15.1. The molecule has 8 nitrogen and oxygen atoms in total. The molecule has 0 aliphatic heterocycles. The summed E-state index contributed by atoms with van der Waals surface area (Å²) in [7, 11) is 0. The molecule has 2 unspecified atom stereocenters. The second-order valence-electron chi connectivity index (χ2n) is 17.2. The van der Waals surface area contributed by atoms with Crippen molar-refractivity contribution in [1.29, 1.82) is 0 Å². The van der Waals surface area contributed by atoms with Crippen LogP contribution in [0.25, 0.3) is 0 Å². The first kappa shape index (κ1) is 84.4. The molecular weight excluding hydrogens is 1430 g/mol. The highest BCUT2D eigenvalue weighted by Gasteiger charge is 3.01. The Morgan fingerprint density at radius 1 is 0.256 bits per heavy atom. The normalized spacial score (nSPS) is 16.7. The van der Waals surface area contributed by atoms with Crippen molar-refractivity contribution in [3.8, 4) is 0 Å². The molecule has 0 N–H and O–H groups in total. The number of carbonyl (C=O) groups excluding carboxylic acids is 4. The van der Waals surface area contributed by atoms with Crippen molar-refractivity contribution in [2.45, 2.75) is 170 Å². The number of carbonyl (C=O) groups is 4. The Kier molecular flexibility index (Phi) is 22.3. The lowest BCUT2D eigenvalue weighted by molar-refractivity contribution is -0.478. The van der Waals surface area contributed by atoms with E-state index < -0.39 is 205 Å². The van der Waals surface area contributed by atoms with Crippen LogP contribution < -0.4 is 0 Å². The Morgan fingerprint density at radius 3 is 0.544 bits per heavy atom. The predicted molar refractivity (Wildman–Crippen MR) is 182 cm³/mol. The van der Waals surface area contributed by atoms with Crippen LogP contribution in [0.15, 0.2) is 12.2 Å². The van der Waals surface area contributed by atoms with Crippen LogP contribution in [0.1, 0.15) is 26.7 Å². The first-order valence-electron chi connectivity index (χ1n) is 20.6. The van der Waals surface area contributed by atoms with Crippen molar-refractivity contribution in [2.24, 2.45) is 0 Å². The second kappa shape index (κ2) is 23.8. The molecule has 0 fully saturated rings. The van der Waals surface area contributed by atoms with Gasteiger partial charge in [0.1, 0.15) is 25.4 Å². The smallest absolute Gasteiger partial charge is 0.459 e. The standard InChI is InChI=1S/C36H18F46O8/c1-9(83)89-11(5-15(37,38)17(41,42)19(45,46)21(49,50)23(53,54)25(57,58)27(61,62)29(65,66)31(69,70)33(73,74)35(77,78)79)7-87-13(85)3-4-14(86)88-8-12(90-10(2)84)6-16(39,40)18(43,44)20(47,48)22(51,52)24(55,56)26(59,60)28(63,64)30(67,68)32(71,72)34(75,76)36(80,81)82/h3-4,11-12H,5-8H2,1-2H3/b4-3-. The Labute approximate surface area is 460 Å². The Balaban J connectivity index is 6.92. The molecule has 0 aliphatic rings. The van der Waals surface area contributed by atoms with Crippen molar-refractivity contribution < 1.29 is 240 Å². The van der Waals surface area contributed by atoms with Gasteiger partial charge in [0.2, 0.25) is 0 Å². The minimum Gasteiger partial charge on any atom is -0.459 e. The van der Waals surface area contributed by atoms with Gasteiger partial charge in [0.05, 0.1) is 12.8 Å². The van der Waals surface area contributed by atoms with Crippen LogP contribution in [0.3, 0.4) is 0 Å². The third-order valence-electron chi connectivity index (χ3n) is 10.8. The molecule has 0 aromatic heterocycles. The Morgan fingerprint density at radius 2 is 0.400 bits per heavy atom. The highest BCUT2D eigenvalue weighted by atomic mass is 19.5. The van der Waals surface area contributed by atoms with E-state index >= 15 is 0 Å². The zero-order valence-electron chi connectivity index (χ0n) is 40.8. The summed E-state index contributed by atoms with van der Waals surface area (Å²) >= 11 is 0.